The normalized spacial score (nSPS) is 20.4. The molecule has 0 aromatic heterocycles. The number of hydrogen-bond donors (Lipinski definition) is 1. The summed E-state index contributed by atoms with van der Waals surface area (Å²) in [5.74, 6) is -1.36. The number of carbonyl (C=O) groups excluding carboxylic acids is 1. The van der Waals surface area contributed by atoms with Gasteiger partial charge in [-0.3, -0.25) is 9.69 Å². The van der Waals surface area contributed by atoms with Crippen LogP contribution in [0.1, 0.15) is 17.5 Å². The molecule has 1 amide bonds. The van der Waals surface area contributed by atoms with Crippen molar-refractivity contribution in [3.63, 3.8) is 0 Å². The molecule has 2 saturated heterocycles. The number of nitrogens with zero attached hydrogens (tertiary/aromatic N) is 3. The number of carbonyl (C=O) groups is 1. The molecule has 0 spiro atoms. The van der Waals surface area contributed by atoms with E-state index < -0.39 is 11.6 Å². The topological polar surface area (TPSA) is 38.8 Å². The third kappa shape index (κ3) is 5.97. The average Bonchev–Trinajstić information content (AvgIpc) is 3.31. The molecule has 0 bridgehead atoms. The van der Waals surface area contributed by atoms with Crippen LogP contribution in [0.5, 0.6) is 0 Å². The number of halogens is 3. The van der Waals surface area contributed by atoms with Gasteiger partial charge in [0.2, 0.25) is 5.91 Å². The molecule has 2 atom stereocenters. The summed E-state index contributed by atoms with van der Waals surface area (Å²) >= 11 is 0. The Kier molecular flexibility index (Phi) is 7.76. The second-order valence-electron chi connectivity index (χ2n) is 9.74. The molecule has 0 saturated carbocycles. The molecule has 8 heteroatoms. The minimum Gasteiger partial charge on any atom is -0.366 e. The van der Waals surface area contributed by atoms with Crippen molar-refractivity contribution < 1.29 is 18.0 Å². The quantitative estimate of drug-likeness (QED) is 0.520. The third-order valence-corrected chi connectivity index (χ3v) is 7.30. The molecular weight excluding hydrogens is 477 g/mol. The van der Waals surface area contributed by atoms with Crippen molar-refractivity contribution in [1.29, 1.82) is 0 Å². The Morgan fingerprint density at radius 2 is 1.59 bits per heavy atom. The minimum absolute atomic E-state index is 0.0122. The molecule has 2 aliphatic heterocycles. The lowest BCUT2D eigenvalue weighted by Crippen LogP contribution is -2.53. The number of nitrogens with one attached hydrogen (secondary N) is 1. The predicted molar refractivity (Wildman–Crippen MR) is 137 cm³/mol. The van der Waals surface area contributed by atoms with Gasteiger partial charge in [0.05, 0.1) is 11.7 Å². The lowest BCUT2D eigenvalue weighted by Gasteiger charge is -2.38. The van der Waals surface area contributed by atoms with Gasteiger partial charge in [-0.2, -0.15) is 0 Å². The zero-order valence-electron chi connectivity index (χ0n) is 20.6. The van der Waals surface area contributed by atoms with Gasteiger partial charge in [0.25, 0.3) is 0 Å². The molecule has 5 nitrogen and oxygen atoms in total. The van der Waals surface area contributed by atoms with Crippen molar-refractivity contribution in [2.75, 3.05) is 37.6 Å². The van der Waals surface area contributed by atoms with Gasteiger partial charge in [-0.25, -0.2) is 13.2 Å². The number of piperazine rings is 1. The van der Waals surface area contributed by atoms with E-state index in [-0.39, 0.29) is 30.4 Å². The molecule has 3 aromatic rings. The fourth-order valence-corrected chi connectivity index (χ4v) is 5.31. The van der Waals surface area contributed by atoms with Gasteiger partial charge in [-0.05, 0) is 30.2 Å². The summed E-state index contributed by atoms with van der Waals surface area (Å²) < 4.78 is 41.6. The molecule has 0 aliphatic carbocycles. The standard InChI is InChI=1S/C29H31F3N4O/c30-23-11-10-22(26(32)16-23)18-33-24-17-28(36(20-24)19-21-6-2-1-3-7-21)29(37)35-14-12-34(13-15-35)27-9-5-4-8-25(27)31/h1-11,16,24,28,33H,12-15,17-20H2/t24-,28+/m1/s1. The van der Waals surface area contributed by atoms with E-state index in [0.29, 0.717) is 56.9 Å². The van der Waals surface area contributed by atoms with E-state index >= 15 is 0 Å². The Balaban J connectivity index is 1.25. The first-order chi connectivity index (χ1) is 18.0. The number of likely N-dealkylation sites (tertiary alicyclic amines) is 1. The van der Waals surface area contributed by atoms with E-state index in [1.807, 2.05) is 46.2 Å². The van der Waals surface area contributed by atoms with Crippen LogP contribution < -0.4 is 10.2 Å². The summed E-state index contributed by atoms with van der Waals surface area (Å²) in [4.78, 5) is 19.7. The van der Waals surface area contributed by atoms with Gasteiger partial charge in [-0.15, -0.1) is 0 Å². The maximum Gasteiger partial charge on any atom is 0.240 e. The van der Waals surface area contributed by atoms with Crippen LogP contribution in [0.2, 0.25) is 0 Å². The second-order valence-corrected chi connectivity index (χ2v) is 9.74. The van der Waals surface area contributed by atoms with E-state index in [9.17, 15) is 18.0 Å². The molecule has 194 valence electrons. The SMILES string of the molecule is O=C([C@@H]1C[C@@H](NCc2ccc(F)cc2F)CN1Cc1ccccc1)N1CCN(c2ccccc2F)CC1. The van der Waals surface area contributed by atoms with Crippen LogP contribution in [-0.2, 0) is 17.9 Å². The zero-order chi connectivity index (χ0) is 25.8. The van der Waals surface area contributed by atoms with Gasteiger partial charge < -0.3 is 15.1 Å². The number of benzene rings is 3. The van der Waals surface area contributed by atoms with Crippen molar-refractivity contribution in [1.82, 2.24) is 15.1 Å². The van der Waals surface area contributed by atoms with E-state index in [1.165, 1.54) is 18.2 Å². The Morgan fingerprint density at radius 1 is 0.865 bits per heavy atom. The van der Waals surface area contributed by atoms with Crippen molar-refractivity contribution in [3.8, 4) is 0 Å². The summed E-state index contributed by atoms with van der Waals surface area (Å²) in [5, 5.41) is 3.37. The van der Waals surface area contributed by atoms with Crippen LogP contribution in [-0.4, -0.2) is 60.5 Å². The highest BCUT2D eigenvalue weighted by atomic mass is 19.1. The van der Waals surface area contributed by atoms with Crippen molar-refractivity contribution in [3.05, 3.63) is 101 Å². The lowest BCUT2D eigenvalue weighted by atomic mass is 10.1. The largest absolute Gasteiger partial charge is 0.366 e. The van der Waals surface area contributed by atoms with Gasteiger partial charge in [0.1, 0.15) is 17.5 Å². The lowest BCUT2D eigenvalue weighted by molar-refractivity contribution is -0.136. The molecule has 37 heavy (non-hydrogen) atoms. The highest BCUT2D eigenvalue weighted by molar-refractivity contribution is 5.82. The number of anilines is 1. The number of para-hydroxylation sites is 1. The van der Waals surface area contributed by atoms with Gasteiger partial charge in [0, 0.05) is 63.5 Å². The van der Waals surface area contributed by atoms with Crippen LogP contribution in [0.15, 0.2) is 72.8 Å². The van der Waals surface area contributed by atoms with Crippen LogP contribution >= 0.6 is 0 Å². The Bertz CT molecular complexity index is 1220. The highest BCUT2D eigenvalue weighted by Gasteiger charge is 2.39. The third-order valence-electron chi connectivity index (χ3n) is 7.30. The van der Waals surface area contributed by atoms with E-state index in [2.05, 4.69) is 10.2 Å². The van der Waals surface area contributed by atoms with Crippen molar-refractivity contribution in [2.45, 2.75) is 31.6 Å². The first-order valence-corrected chi connectivity index (χ1v) is 12.7. The van der Waals surface area contributed by atoms with E-state index in [1.54, 1.807) is 12.1 Å². The van der Waals surface area contributed by atoms with Crippen LogP contribution in [0.25, 0.3) is 0 Å². The van der Waals surface area contributed by atoms with Crippen molar-refractivity contribution in [2.24, 2.45) is 0 Å². The molecule has 3 aromatic carbocycles. The van der Waals surface area contributed by atoms with Gasteiger partial charge >= 0.3 is 0 Å². The summed E-state index contributed by atoms with van der Waals surface area (Å²) in [5.41, 5.74) is 2.09. The summed E-state index contributed by atoms with van der Waals surface area (Å²) in [6, 6.07) is 20.0. The predicted octanol–water partition coefficient (Wildman–Crippen LogP) is 4.19. The van der Waals surface area contributed by atoms with Crippen LogP contribution in [0, 0.1) is 17.5 Å². The van der Waals surface area contributed by atoms with Crippen LogP contribution in [0.3, 0.4) is 0 Å². The smallest absolute Gasteiger partial charge is 0.240 e. The van der Waals surface area contributed by atoms with E-state index in [4.69, 9.17) is 0 Å². The zero-order valence-corrected chi connectivity index (χ0v) is 20.6. The monoisotopic (exact) mass is 508 g/mol. The molecule has 2 fully saturated rings. The average molecular weight is 509 g/mol. The van der Waals surface area contributed by atoms with Gasteiger partial charge in [-0.1, -0.05) is 48.5 Å². The van der Waals surface area contributed by atoms with E-state index in [0.717, 1.165) is 11.6 Å². The second kappa shape index (κ2) is 11.4. The van der Waals surface area contributed by atoms with Gasteiger partial charge in [0.15, 0.2) is 0 Å². The first-order valence-electron chi connectivity index (χ1n) is 12.7. The Morgan fingerprint density at radius 3 is 2.32 bits per heavy atom. The molecule has 1 N–H and O–H groups in total. The maximum atomic E-state index is 14.2. The molecule has 0 unspecified atom stereocenters. The molecular formula is C29H31F3N4O. The Labute approximate surface area is 215 Å². The number of hydrogen-bond acceptors (Lipinski definition) is 4. The molecule has 2 heterocycles. The maximum absolute atomic E-state index is 14.2. The minimum atomic E-state index is -0.600. The highest BCUT2D eigenvalue weighted by Crippen LogP contribution is 2.25. The van der Waals surface area contributed by atoms with Crippen molar-refractivity contribution >= 4 is 11.6 Å². The molecule has 2 aliphatic rings. The summed E-state index contributed by atoms with van der Waals surface area (Å²) in [7, 11) is 0. The summed E-state index contributed by atoms with van der Waals surface area (Å²) in [6.45, 7) is 3.74. The first kappa shape index (κ1) is 25.3. The fraction of sp³-hybridized carbons (Fsp3) is 0.345. The molecule has 0 radical (unpaired) electrons. The summed E-state index contributed by atoms with van der Waals surface area (Å²) in [6.07, 6.45) is 0.599. The number of rotatable bonds is 7. The fourth-order valence-electron chi connectivity index (χ4n) is 5.31. The molecule has 5 rings (SSSR count). The Hall–Kier alpha value is -3.36. The number of amides is 1. The van der Waals surface area contributed by atoms with Crippen LogP contribution in [0.4, 0.5) is 18.9 Å².